The fraction of sp³-hybridized carbons (Fsp3) is 0.136. The molecule has 0 fully saturated rings. The Bertz CT molecular complexity index is 1070. The maximum atomic E-state index is 5.84. The van der Waals surface area contributed by atoms with Crippen LogP contribution < -0.4 is 9.47 Å². The Morgan fingerprint density at radius 3 is 2.50 bits per heavy atom. The molecule has 0 saturated carbocycles. The summed E-state index contributed by atoms with van der Waals surface area (Å²) in [6.07, 6.45) is 4.04. The van der Waals surface area contributed by atoms with E-state index in [-0.39, 0.29) is 0 Å². The van der Waals surface area contributed by atoms with Crippen LogP contribution in [0.25, 0.3) is 16.6 Å². The van der Waals surface area contributed by atoms with Crippen molar-refractivity contribution in [3.05, 3.63) is 78.9 Å². The molecular weight excluding hydrogens is 352 g/mol. The van der Waals surface area contributed by atoms with Crippen molar-refractivity contribution in [1.82, 2.24) is 19.9 Å². The average molecular weight is 372 g/mol. The molecule has 0 saturated heterocycles. The van der Waals surface area contributed by atoms with Crippen LogP contribution in [-0.4, -0.2) is 26.5 Å². The molecule has 2 aromatic carbocycles. The van der Waals surface area contributed by atoms with E-state index in [1.807, 2.05) is 55.5 Å². The number of hydrogen-bond donors (Lipinski definition) is 1. The lowest BCUT2D eigenvalue weighted by Gasteiger charge is -2.10. The lowest BCUT2D eigenvalue weighted by molar-refractivity contribution is 0.285. The van der Waals surface area contributed by atoms with Gasteiger partial charge in [0.15, 0.2) is 0 Å². The molecule has 28 heavy (non-hydrogen) atoms. The van der Waals surface area contributed by atoms with E-state index in [4.69, 9.17) is 9.47 Å². The van der Waals surface area contributed by atoms with E-state index in [0.717, 1.165) is 34.4 Å². The summed E-state index contributed by atoms with van der Waals surface area (Å²) in [6, 6.07) is 15.5. The number of para-hydroxylation sites is 2. The monoisotopic (exact) mass is 372 g/mol. The van der Waals surface area contributed by atoms with Gasteiger partial charge in [-0.2, -0.15) is 0 Å². The van der Waals surface area contributed by atoms with Crippen molar-refractivity contribution in [2.75, 3.05) is 6.61 Å². The van der Waals surface area contributed by atoms with Gasteiger partial charge in [-0.3, -0.25) is 0 Å². The van der Waals surface area contributed by atoms with Crippen LogP contribution in [0.4, 0.5) is 0 Å². The highest BCUT2D eigenvalue weighted by molar-refractivity contribution is 5.82. The molecule has 0 atom stereocenters. The maximum absolute atomic E-state index is 5.84. The van der Waals surface area contributed by atoms with Crippen molar-refractivity contribution in [3.63, 3.8) is 0 Å². The number of H-pyrrole nitrogens is 1. The number of fused-ring (bicyclic) bond motifs is 1. The largest absolute Gasteiger partial charge is 0.474 e. The third-order valence-corrected chi connectivity index (χ3v) is 4.17. The SMILES string of the molecule is C=C(c1ccc(Oc2nccnc2OCCC)cc1)c1nc2ccccc2[nH]1. The predicted molar refractivity (Wildman–Crippen MR) is 109 cm³/mol. The molecule has 2 heterocycles. The molecular formula is C22H20N4O2. The summed E-state index contributed by atoms with van der Waals surface area (Å²) in [6.45, 7) is 6.77. The van der Waals surface area contributed by atoms with Gasteiger partial charge >= 0.3 is 0 Å². The van der Waals surface area contributed by atoms with E-state index in [9.17, 15) is 0 Å². The lowest BCUT2D eigenvalue weighted by atomic mass is 10.1. The molecule has 0 aliphatic carbocycles. The van der Waals surface area contributed by atoms with Gasteiger partial charge in [0.2, 0.25) is 0 Å². The van der Waals surface area contributed by atoms with E-state index < -0.39 is 0 Å². The van der Waals surface area contributed by atoms with E-state index in [0.29, 0.717) is 24.1 Å². The Morgan fingerprint density at radius 2 is 1.75 bits per heavy atom. The fourth-order valence-electron chi connectivity index (χ4n) is 2.75. The van der Waals surface area contributed by atoms with Crippen LogP contribution in [0, 0.1) is 0 Å². The summed E-state index contributed by atoms with van der Waals surface area (Å²) >= 11 is 0. The third kappa shape index (κ3) is 3.71. The number of nitrogens with zero attached hydrogens (tertiary/aromatic N) is 3. The number of benzene rings is 2. The molecule has 0 spiro atoms. The second-order valence-corrected chi connectivity index (χ2v) is 6.22. The van der Waals surface area contributed by atoms with Crippen molar-refractivity contribution in [2.24, 2.45) is 0 Å². The summed E-state index contributed by atoms with van der Waals surface area (Å²) in [4.78, 5) is 16.3. The molecule has 6 nitrogen and oxygen atoms in total. The Labute approximate surface area is 162 Å². The van der Waals surface area contributed by atoms with Gasteiger partial charge < -0.3 is 14.5 Å². The molecule has 6 heteroatoms. The zero-order chi connectivity index (χ0) is 19.3. The van der Waals surface area contributed by atoms with Crippen molar-refractivity contribution in [1.29, 1.82) is 0 Å². The van der Waals surface area contributed by atoms with E-state index in [1.54, 1.807) is 12.4 Å². The van der Waals surface area contributed by atoms with Crippen LogP contribution in [0.2, 0.25) is 0 Å². The molecule has 0 bridgehead atoms. The first kappa shape index (κ1) is 17.7. The smallest absolute Gasteiger partial charge is 0.283 e. The average Bonchev–Trinajstić information content (AvgIpc) is 3.17. The first-order valence-corrected chi connectivity index (χ1v) is 9.10. The number of rotatable bonds is 7. The Morgan fingerprint density at radius 1 is 1.00 bits per heavy atom. The first-order chi connectivity index (χ1) is 13.7. The van der Waals surface area contributed by atoms with Gasteiger partial charge in [-0.1, -0.05) is 37.8 Å². The predicted octanol–water partition coefficient (Wildman–Crippen LogP) is 5.00. The van der Waals surface area contributed by atoms with E-state index in [2.05, 4.69) is 26.5 Å². The molecule has 0 aliphatic rings. The van der Waals surface area contributed by atoms with E-state index in [1.165, 1.54) is 0 Å². The Balaban J connectivity index is 1.52. The molecule has 0 radical (unpaired) electrons. The number of nitrogens with one attached hydrogen (secondary N) is 1. The van der Waals surface area contributed by atoms with Gasteiger partial charge in [-0.05, 0) is 36.2 Å². The molecule has 0 amide bonds. The molecule has 0 aliphatic heterocycles. The van der Waals surface area contributed by atoms with Crippen molar-refractivity contribution >= 4 is 16.6 Å². The second-order valence-electron chi connectivity index (χ2n) is 6.22. The summed E-state index contributed by atoms with van der Waals surface area (Å²) in [5.74, 6) is 2.13. The van der Waals surface area contributed by atoms with Gasteiger partial charge in [0.25, 0.3) is 11.8 Å². The number of ether oxygens (including phenoxy) is 2. The van der Waals surface area contributed by atoms with Crippen LogP contribution in [0.1, 0.15) is 24.7 Å². The standard InChI is InChI=1S/C22H20N4O2/c1-3-14-27-21-22(24-13-12-23-21)28-17-10-8-16(9-11-17)15(2)20-25-18-6-4-5-7-19(18)26-20/h4-13H,2-3,14H2,1H3,(H,25,26). The number of aromatic amines is 1. The fourth-order valence-corrected chi connectivity index (χ4v) is 2.75. The summed E-state index contributed by atoms with van der Waals surface area (Å²) in [5, 5.41) is 0. The molecule has 2 aromatic heterocycles. The summed E-state index contributed by atoms with van der Waals surface area (Å²) < 4.78 is 11.4. The molecule has 1 N–H and O–H groups in total. The highest BCUT2D eigenvalue weighted by Gasteiger charge is 2.11. The van der Waals surface area contributed by atoms with Gasteiger partial charge in [0.05, 0.1) is 17.6 Å². The van der Waals surface area contributed by atoms with Crippen LogP contribution in [0.5, 0.6) is 17.5 Å². The highest BCUT2D eigenvalue weighted by Crippen LogP contribution is 2.29. The maximum Gasteiger partial charge on any atom is 0.283 e. The van der Waals surface area contributed by atoms with Crippen LogP contribution >= 0.6 is 0 Å². The Hall–Kier alpha value is -3.67. The minimum atomic E-state index is 0.347. The first-order valence-electron chi connectivity index (χ1n) is 9.10. The number of imidazole rings is 1. The number of hydrogen-bond acceptors (Lipinski definition) is 5. The minimum Gasteiger partial charge on any atom is -0.474 e. The molecule has 140 valence electrons. The van der Waals surface area contributed by atoms with Crippen LogP contribution in [0.3, 0.4) is 0 Å². The van der Waals surface area contributed by atoms with Crippen LogP contribution in [0.15, 0.2) is 67.5 Å². The van der Waals surface area contributed by atoms with Crippen molar-refractivity contribution in [3.8, 4) is 17.5 Å². The summed E-state index contributed by atoms with van der Waals surface area (Å²) in [5.41, 5.74) is 3.67. The highest BCUT2D eigenvalue weighted by atomic mass is 16.5. The van der Waals surface area contributed by atoms with Crippen LogP contribution in [-0.2, 0) is 0 Å². The third-order valence-electron chi connectivity index (χ3n) is 4.17. The minimum absolute atomic E-state index is 0.347. The molecule has 4 aromatic rings. The van der Waals surface area contributed by atoms with Gasteiger partial charge in [-0.15, -0.1) is 0 Å². The summed E-state index contributed by atoms with van der Waals surface area (Å²) in [7, 11) is 0. The quantitative estimate of drug-likeness (QED) is 0.494. The van der Waals surface area contributed by atoms with E-state index >= 15 is 0 Å². The Kier molecular flexibility index (Phi) is 5.01. The topological polar surface area (TPSA) is 72.9 Å². The van der Waals surface area contributed by atoms with Gasteiger partial charge in [0, 0.05) is 18.0 Å². The molecule has 4 rings (SSSR count). The van der Waals surface area contributed by atoms with Gasteiger partial charge in [0.1, 0.15) is 11.6 Å². The lowest BCUT2D eigenvalue weighted by Crippen LogP contribution is -2.00. The number of aromatic nitrogens is 4. The van der Waals surface area contributed by atoms with Gasteiger partial charge in [-0.25, -0.2) is 15.0 Å². The normalized spacial score (nSPS) is 10.8. The molecule has 0 unspecified atom stereocenters. The zero-order valence-corrected chi connectivity index (χ0v) is 15.6. The van der Waals surface area contributed by atoms with Crippen molar-refractivity contribution < 1.29 is 9.47 Å². The zero-order valence-electron chi connectivity index (χ0n) is 15.6. The van der Waals surface area contributed by atoms with Crippen molar-refractivity contribution in [2.45, 2.75) is 13.3 Å². The second kappa shape index (κ2) is 7.92.